The lowest BCUT2D eigenvalue weighted by molar-refractivity contribution is -0.386. The fraction of sp³-hybridized carbons (Fsp3) is 0.222. The van der Waals surface area contributed by atoms with Crippen molar-refractivity contribution in [3.8, 4) is 11.8 Å². The molecule has 0 fully saturated rings. The molecule has 5 nitrogen and oxygen atoms in total. The molecule has 0 radical (unpaired) electrons. The smallest absolute Gasteiger partial charge is 0.280 e. The molecule has 0 heterocycles. The van der Waals surface area contributed by atoms with Crippen LogP contribution in [0, 0.1) is 35.3 Å². The van der Waals surface area contributed by atoms with Gasteiger partial charge >= 0.3 is 0 Å². The van der Waals surface area contributed by atoms with Crippen LogP contribution in [0.2, 0.25) is 0 Å². The summed E-state index contributed by atoms with van der Waals surface area (Å²) < 4.78 is 0. The Morgan fingerprint density at radius 1 is 1.50 bits per heavy atom. The number of benzene rings is 1. The Morgan fingerprint density at radius 3 is 2.50 bits per heavy atom. The Kier molecular flexibility index (Phi) is 2.38. The standard InChI is InChI=1S/C9H8N2O3/c1-5-7(4-10)3-8(12)6(2)9(5)11(13)14/h3,12H,1-2H3. The Bertz CT molecular complexity index is 446. The van der Waals surface area contributed by atoms with Crippen molar-refractivity contribution in [1.82, 2.24) is 0 Å². The number of rotatable bonds is 1. The molecule has 0 aliphatic carbocycles. The number of nitrogens with zero attached hydrogens (tertiary/aromatic N) is 2. The SMILES string of the molecule is Cc1c(O)cc(C#N)c(C)c1[N+](=O)[O-]. The minimum atomic E-state index is -0.592. The summed E-state index contributed by atoms with van der Waals surface area (Å²) in [6.07, 6.45) is 0. The van der Waals surface area contributed by atoms with Gasteiger partial charge in [-0.3, -0.25) is 10.1 Å². The highest BCUT2D eigenvalue weighted by molar-refractivity contribution is 5.60. The third-order valence-corrected chi connectivity index (χ3v) is 2.08. The van der Waals surface area contributed by atoms with Gasteiger partial charge in [0.15, 0.2) is 0 Å². The zero-order valence-electron chi connectivity index (χ0n) is 7.74. The van der Waals surface area contributed by atoms with Crippen LogP contribution in [0.5, 0.6) is 5.75 Å². The zero-order chi connectivity index (χ0) is 10.9. The molecule has 0 amide bonds. The maximum absolute atomic E-state index is 10.6. The fourth-order valence-electron chi connectivity index (χ4n) is 1.27. The molecule has 0 aromatic heterocycles. The number of hydrogen-bond donors (Lipinski definition) is 1. The number of aromatic hydroxyl groups is 1. The van der Waals surface area contributed by atoms with Crippen LogP contribution in [0.15, 0.2) is 6.07 Å². The zero-order valence-corrected chi connectivity index (χ0v) is 7.74. The molecule has 0 unspecified atom stereocenters. The molecular formula is C9H8N2O3. The summed E-state index contributed by atoms with van der Waals surface area (Å²) in [5.74, 6) is -0.223. The van der Waals surface area contributed by atoms with Crippen molar-refractivity contribution in [2.75, 3.05) is 0 Å². The first-order valence-electron chi connectivity index (χ1n) is 3.86. The van der Waals surface area contributed by atoms with Gasteiger partial charge in [0.1, 0.15) is 5.75 Å². The van der Waals surface area contributed by atoms with Crippen LogP contribution in [0.4, 0.5) is 5.69 Å². The lowest BCUT2D eigenvalue weighted by Gasteiger charge is -2.04. The van der Waals surface area contributed by atoms with Gasteiger partial charge in [-0.15, -0.1) is 0 Å². The molecule has 14 heavy (non-hydrogen) atoms. The second kappa shape index (κ2) is 3.34. The molecule has 0 spiro atoms. The van der Waals surface area contributed by atoms with Crippen molar-refractivity contribution in [2.45, 2.75) is 13.8 Å². The second-order valence-electron chi connectivity index (χ2n) is 2.91. The normalized spacial score (nSPS) is 9.50. The molecule has 0 aliphatic heterocycles. The van der Waals surface area contributed by atoms with Crippen LogP contribution in [-0.2, 0) is 0 Å². The van der Waals surface area contributed by atoms with Crippen LogP contribution >= 0.6 is 0 Å². The van der Waals surface area contributed by atoms with Crippen molar-refractivity contribution >= 4 is 5.69 Å². The van der Waals surface area contributed by atoms with E-state index in [4.69, 9.17) is 5.26 Å². The Hall–Kier alpha value is -2.09. The van der Waals surface area contributed by atoms with Gasteiger partial charge < -0.3 is 5.11 Å². The number of phenols is 1. The number of hydrogen-bond acceptors (Lipinski definition) is 4. The topological polar surface area (TPSA) is 87.2 Å². The molecule has 0 saturated carbocycles. The Labute approximate surface area is 80.4 Å². The molecule has 0 atom stereocenters. The second-order valence-corrected chi connectivity index (χ2v) is 2.91. The van der Waals surface area contributed by atoms with E-state index in [0.717, 1.165) is 0 Å². The first kappa shape index (κ1) is 9.99. The van der Waals surface area contributed by atoms with E-state index in [2.05, 4.69) is 0 Å². The minimum absolute atomic E-state index is 0.125. The summed E-state index contributed by atoms with van der Waals surface area (Å²) in [7, 11) is 0. The third-order valence-electron chi connectivity index (χ3n) is 2.08. The molecule has 0 saturated heterocycles. The molecule has 1 N–H and O–H groups in total. The van der Waals surface area contributed by atoms with Crippen LogP contribution in [0.1, 0.15) is 16.7 Å². The molecule has 1 aromatic carbocycles. The van der Waals surface area contributed by atoms with Crippen LogP contribution in [0.25, 0.3) is 0 Å². The van der Waals surface area contributed by atoms with Crippen molar-refractivity contribution in [1.29, 1.82) is 5.26 Å². The van der Waals surface area contributed by atoms with Crippen LogP contribution in [-0.4, -0.2) is 10.0 Å². The summed E-state index contributed by atoms with van der Waals surface area (Å²) >= 11 is 0. The quantitative estimate of drug-likeness (QED) is 0.542. The van der Waals surface area contributed by atoms with Crippen molar-refractivity contribution in [3.05, 3.63) is 32.9 Å². The minimum Gasteiger partial charge on any atom is -0.507 e. The van der Waals surface area contributed by atoms with Gasteiger partial charge in [-0.2, -0.15) is 5.26 Å². The van der Waals surface area contributed by atoms with Gasteiger partial charge in [-0.05, 0) is 19.9 Å². The number of nitro benzene ring substituents is 1. The van der Waals surface area contributed by atoms with Gasteiger partial charge in [0, 0.05) is 5.56 Å². The largest absolute Gasteiger partial charge is 0.507 e. The van der Waals surface area contributed by atoms with E-state index in [0.29, 0.717) is 0 Å². The monoisotopic (exact) mass is 192 g/mol. The molecule has 0 aliphatic rings. The van der Waals surface area contributed by atoms with Crippen molar-refractivity contribution in [3.63, 3.8) is 0 Å². The predicted molar refractivity (Wildman–Crippen MR) is 49.0 cm³/mol. The van der Waals surface area contributed by atoms with E-state index in [1.54, 1.807) is 6.07 Å². The summed E-state index contributed by atoms with van der Waals surface area (Å²) in [5.41, 5.74) is 0.403. The Morgan fingerprint density at radius 2 is 2.07 bits per heavy atom. The van der Waals surface area contributed by atoms with Gasteiger partial charge in [-0.1, -0.05) is 0 Å². The highest BCUT2D eigenvalue weighted by Gasteiger charge is 2.20. The van der Waals surface area contributed by atoms with Crippen molar-refractivity contribution < 1.29 is 10.0 Å². The van der Waals surface area contributed by atoms with E-state index in [1.807, 2.05) is 0 Å². The molecule has 5 heteroatoms. The molecule has 72 valence electrons. The Balaban J connectivity index is 3.63. The lowest BCUT2D eigenvalue weighted by Crippen LogP contribution is -1.97. The maximum Gasteiger partial charge on any atom is 0.280 e. The highest BCUT2D eigenvalue weighted by atomic mass is 16.6. The van der Waals surface area contributed by atoms with E-state index in [9.17, 15) is 15.2 Å². The third kappa shape index (κ3) is 1.38. The van der Waals surface area contributed by atoms with Crippen LogP contribution < -0.4 is 0 Å². The van der Waals surface area contributed by atoms with E-state index in [-0.39, 0.29) is 28.1 Å². The highest BCUT2D eigenvalue weighted by Crippen LogP contribution is 2.32. The lowest BCUT2D eigenvalue weighted by atomic mass is 10.0. The van der Waals surface area contributed by atoms with E-state index >= 15 is 0 Å². The number of phenolic OH excluding ortho intramolecular Hbond substituents is 1. The molecule has 1 rings (SSSR count). The average Bonchev–Trinajstić information content (AvgIpc) is 2.11. The van der Waals surface area contributed by atoms with Gasteiger partial charge in [0.25, 0.3) is 5.69 Å². The van der Waals surface area contributed by atoms with E-state index in [1.165, 1.54) is 19.9 Å². The summed E-state index contributed by atoms with van der Waals surface area (Å²) in [6, 6.07) is 3.03. The molecular weight excluding hydrogens is 184 g/mol. The van der Waals surface area contributed by atoms with Gasteiger partial charge in [-0.25, -0.2) is 0 Å². The summed E-state index contributed by atoms with van der Waals surface area (Å²) in [6.45, 7) is 2.94. The summed E-state index contributed by atoms with van der Waals surface area (Å²) in [5, 5.41) is 28.6. The molecule has 0 bridgehead atoms. The number of nitriles is 1. The number of nitro groups is 1. The van der Waals surface area contributed by atoms with E-state index < -0.39 is 4.92 Å². The average molecular weight is 192 g/mol. The van der Waals surface area contributed by atoms with Gasteiger partial charge in [0.2, 0.25) is 0 Å². The van der Waals surface area contributed by atoms with Crippen molar-refractivity contribution in [2.24, 2.45) is 0 Å². The fourth-order valence-corrected chi connectivity index (χ4v) is 1.27. The first-order chi connectivity index (χ1) is 6.49. The first-order valence-corrected chi connectivity index (χ1v) is 3.86. The van der Waals surface area contributed by atoms with Crippen LogP contribution in [0.3, 0.4) is 0 Å². The van der Waals surface area contributed by atoms with Gasteiger partial charge in [0.05, 0.1) is 22.1 Å². The summed E-state index contributed by atoms with van der Waals surface area (Å²) in [4.78, 5) is 10.1. The maximum atomic E-state index is 10.6. The predicted octanol–water partition coefficient (Wildman–Crippen LogP) is 1.79. The molecule has 1 aromatic rings.